The summed E-state index contributed by atoms with van der Waals surface area (Å²) in [5, 5.41) is 0. The number of nitrogens with zero attached hydrogens (tertiary/aromatic N) is 2. The summed E-state index contributed by atoms with van der Waals surface area (Å²) in [7, 11) is 0. The normalized spacial score (nSPS) is 11.1. The lowest BCUT2D eigenvalue weighted by molar-refractivity contribution is 0.568. The first-order chi connectivity index (χ1) is 7.74. The van der Waals surface area contributed by atoms with Crippen molar-refractivity contribution in [1.29, 1.82) is 0 Å². The Bertz CT molecular complexity index is 601. The van der Waals surface area contributed by atoms with Crippen molar-refractivity contribution in [2.75, 3.05) is 0 Å². The molecule has 0 aromatic carbocycles. The van der Waals surface area contributed by atoms with Crippen LogP contribution in [-0.4, -0.2) is 9.38 Å². The van der Waals surface area contributed by atoms with Crippen LogP contribution in [0.1, 0.15) is 5.56 Å². The highest BCUT2D eigenvalue weighted by Gasteiger charge is 2.06. The Balaban J connectivity index is 2.23. The molecule has 0 unspecified atom stereocenters. The molecule has 80 valence electrons. The third kappa shape index (κ3) is 1.46. The Morgan fingerprint density at radius 2 is 2.25 bits per heavy atom. The number of hydrogen-bond donors (Lipinski definition) is 0. The summed E-state index contributed by atoms with van der Waals surface area (Å²) >= 11 is 3.51. The van der Waals surface area contributed by atoms with Gasteiger partial charge in [-0.3, -0.25) is 0 Å². The minimum atomic E-state index is 0.922. The Morgan fingerprint density at radius 1 is 1.38 bits per heavy atom. The van der Waals surface area contributed by atoms with Crippen LogP contribution in [0.15, 0.2) is 45.9 Å². The zero-order valence-electron chi connectivity index (χ0n) is 8.64. The number of halogens is 1. The van der Waals surface area contributed by atoms with Crippen molar-refractivity contribution in [2.24, 2.45) is 0 Å². The lowest BCUT2D eigenvalue weighted by Crippen LogP contribution is -1.85. The van der Waals surface area contributed by atoms with Crippen molar-refractivity contribution in [1.82, 2.24) is 9.38 Å². The number of aromatic nitrogens is 2. The second kappa shape index (κ2) is 3.49. The first-order valence-electron chi connectivity index (χ1n) is 4.91. The van der Waals surface area contributed by atoms with E-state index in [1.807, 2.05) is 28.9 Å². The van der Waals surface area contributed by atoms with Crippen molar-refractivity contribution in [3.8, 4) is 11.3 Å². The van der Waals surface area contributed by atoms with Gasteiger partial charge in [0.15, 0.2) is 0 Å². The van der Waals surface area contributed by atoms with Crippen LogP contribution in [0.25, 0.3) is 16.9 Å². The number of imidazole rings is 1. The lowest BCUT2D eigenvalue weighted by Gasteiger charge is -1.98. The quantitative estimate of drug-likeness (QED) is 0.679. The van der Waals surface area contributed by atoms with Crippen LogP contribution in [0.4, 0.5) is 0 Å². The van der Waals surface area contributed by atoms with E-state index < -0.39 is 0 Å². The molecular weight excluding hydrogens is 268 g/mol. The molecule has 0 atom stereocenters. The molecule has 0 radical (unpaired) electrons. The maximum atomic E-state index is 5.05. The smallest absolute Gasteiger partial charge is 0.137 e. The van der Waals surface area contributed by atoms with Crippen LogP contribution in [0.5, 0.6) is 0 Å². The topological polar surface area (TPSA) is 30.4 Å². The summed E-state index contributed by atoms with van der Waals surface area (Å²) in [6, 6.07) is 3.96. The van der Waals surface area contributed by atoms with Crippen molar-refractivity contribution >= 4 is 21.6 Å². The molecule has 16 heavy (non-hydrogen) atoms. The first kappa shape index (κ1) is 9.66. The van der Waals surface area contributed by atoms with E-state index in [0.29, 0.717) is 0 Å². The zero-order chi connectivity index (χ0) is 11.1. The predicted octanol–water partition coefficient (Wildman–Crippen LogP) is 3.67. The van der Waals surface area contributed by atoms with E-state index in [4.69, 9.17) is 4.42 Å². The number of pyridine rings is 1. The number of rotatable bonds is 1. The fourth-order valence-electron chi connectivity index (χ4n) is 1.65. The molecule has 0 aliphatic heterocycles. The maximum Gasteiger partial charge on any atom is 0.137 e. The van der Waals surface area contributed by atoms with Crippen LogP contribution in [0.2, 0.25) is 0 Å². The molecule has 0 saturated heterocycles. The molecule has 3 aromatic rings. The predicted molar refractivity (Wildman–Crippen MR) is 65.3 cm³/mol. The van der Waals surface area contributed by atoms with Gasteiger partial charge in [-0.05, 0) is 40.5 Å². The van der Waals surface area contributed by atoms with Gasteiger partial charge in [0, 0.05) is 22.4 Å². The molecule has 0 spiro atoms. The van der Waals surface area contributed by atoms with Crippen LogP contribution >= 0.6 is 15.9 Å². The van der Waals surface area contributed by atoms with Gasteiger partial charge in [0.2, 0.25) is 0 Å². The molecule has 0 bridgehead atoms. The Morgan fingerprint density at radius 3 is 3.00 bits per heavy atom. The van der Waals surface area contributed by atoms with Crippen molar-refractivity contribution in [3.63, 3.8) is 0 Å². The molecule has 3 aromatic heterocycles. The number of hydrogen-bond acceptors (Lipinski definition) is 2. The third-order valence-corrected chi connectivity index (χ3v) is 3.38. The standard InChI is InChI=1S/C12H9BrN2O/c1-8-4-12-14-11(9-2-3-16-7-9)6-15(12)5-10(8)13/h2-7H,1H3. The summed E-state index contributed by atoms with van der Waals surface area (Å²) in [4.78, 5) is 4.54. The second-order valence-electron chi connectivity index (χ2n) is 3.71. The average Bonchev–Trinajstić information content (AvgIpc) is 2.86. The minimum absolute atomic E-state index is 0.922. The summed E-state index contributed by atoms with van der Waals surface area (Å²) in [6.45, 7) is 2.05. The van der Waals surface area contributed by atoms with Crippen LogP contribution in [0, 0.1) is 6.92 Å². The molecule has 3 rings (SSSR count). The highest BCUT2D eigenvalue weighted by Crippen LogP contribution is 2.22. The fourth-order valence-corrected chi connectivity index (χ4v) is 1.99. The largest absolute Gasteiger partial charge is 0.472 e. The molecular formula is C12H9BrN2O. The van der Waals surface area contributed by atoms with Gasteiger partial charge in [-0.25, -0.2) is 4.98 Å². The zero-order valence-corrected chi connectivity index (χ0v) is 10.2. The van der Waals surface area contributed by atoms with E-state index in [1.54, 1.807) is 12.5 Å². The summed E-state index contributed by atoms with van der Waals surface area (Å²) in [5.74, 6) is 0. The molecule has 3 nitrogen and oxygen atoms in total. The third-order valence-electron chi connectivity index (χ3n) is 2.55. The lowest BCUT2D eigenvalue weighted by atomic mass is 10.3. The maximum absolute atomic E-state index is 5.05. The summed E-state index contributed by atoms with van der Waals surface area (Å²) in [5.41, 5.74) is 4.04. The molecule has 0 N–H and O–H groups in total. The van der Waals surface area contributed by atoms with E-state index >= 15 is 0 Å². The van der Waals surface area contributed by atoms with Crippen molar-refractivity contribution < 1.29 is 4.42 Å². The van der Waals surface area contributed by atoms with Gasteiger partial charge < -0.3 is 8.82 Å². The monoisotopic (exact) mass is 276 g/mol. The van der Waals surface area contributed by atoms with Crippen molar-refractivity contribution in [2.45, 2.75) is 6.92 Å². The molecule has 0 fully saturated rings. The number of fused-ring (bicyclic) bond motifs is 1. The molecule has 0 aliphatic carbocycles. The molecule has 0 amide bonds. The molecule has 0 aliphatic rings. The van der Waals surface area contributed by atoms with Gasteiger partial charge in [-0.1, -0.05) is 0 Å². The Kier molecular flexibility index (Phi) is 2.11. The molecule has 3 heterocycles. The van der Waals surface area contributed by atoms with Crippen LogP contribution in [-0.2, 0) is 0 Å². The number of aryl methyl sites for hydroxylation is 1. The Labute approximate surface area is 101 Å². The highest BCUT2D eigenvalue weighted by atomic mass is 79.9. The summed E-state index contributed by atoms with van der Waals surface area (Å²) in [6.07, 6.45) is 7.36. The minimum Gasteiger partial charge on any atom is -0.472 e. The highest BCUT2D eigenvalue weighted by molar-refractivity contribution is 9.10. The van der Waals surface area contributed by atoms with Gasteiger partial charge in [-0.2, -0.15) is 0 Å². The van der Waals surface area contributed by atoms with E-state index in [1.165, 1.54) is 5.56 Å². The van der Waals surface area contributed by atoms with E-state index in [2.05, 4.69) is 27.8 Å². The van der Waals surface area contributed by atoms with E-state index in [-0.39, 0.29) is 0 Å². The SMILES string of the molecule is Cc1cc2nc(-c3ccoc3)cn2cc1Br. The molecule has 4 heteroatoms. The summed E-state index contributed by atoms with van der Waals surface area (Å²) < 4.78 is 8.13. The van der Waals surface area contributed by atoms with Crippen LogP contribution in [0.3, 0.4) is 0 Å². The van der Waals surface area contributed by atoms with E-state index in [9.17, 15) is 0 Å². The van der Waals surface area contributed by atoms with Gasteiger partial charge in [0.1, 0.15) is 5.65 Å². The van der Waals surface area contributed by atoms with Crippen molar-refractivity contribution in [3.05, 3.63) is 47.1 Å². The van der Waals surface area contributed by atoms with Gasteiger partial charge in [-0.15, -0.1) is 0 Å². The van der Waals surface area contributed by atoms with Crippen LogP contribution < -0.4 is 0 Å². The second-order valence-corrected chi connectivity index (χ2v) is 4.56. The van der Waals surface area contributed by atoms with Gasteiger partial charge >= 0.3 is 0 Å². The number of furan rings is 1. The van der Waals surface area contributed by atoms with Gasteiger partial charge in [0.05, 0.1) is 18.2 Å². The fraction of sp³-hybridized carbons (Fsp3) is 0.0833. The average molecular weight is 277 g/mol. The first-order valence-corrected chi connectivity index (χ1v) is 5.71. The Hall–Kier alpha value is -1.55. The molecule has 0 saturated carbocycles. The van der Waals surface area contributed by atoms with Gasteiger partial charge in [0.25, 0.3) is 0 Å². The van der Waals surface area contributed by atoms with E-state index in [0.717, 1.165) is 21.4 Å².